The van der Waals surface area contributed by atoms with E-state index in [4.69, 9.17) is 5.11 Å². The number of nitrogens with one attached hydrogen (secondary N) is 1. The van der Waals surface area contributed by atoms with Gasteiger partial charge >= 0.3 is 0 Å². The Morgan fingerprint density at radius 1 is 1.60 bits per heavy atom. The summed E-state index contributed by atoms with van der Waals surface area (Å²) in [6.07, 6.45) is 0.514. The average molecular weight is 214 g/mol. The average Bonchev–Trinajstić information content (AvgIpc) is 2.17. The lowest BCUT2D eigenvalue weighted by Gasteiger charge is -2.39. The molecule has 1 heterocycles. The van der Waals surface area contributed by atoms with E-state index in [0.29, 0.717) is 12.3 Å². The number of hydrogen-bond donors (Lipinski definition) is 2. The monoisotopic (exact) mass is 214 g/mol. The lowest BCUT2D eigenvalue weighted by molar-refractivity contribution is -0.139. The summed E-state index contributed by atoms with van der Waals surface area (Å²) in [5, 5.41) is 12.0. The summed E-state index contributed by atoms with van der Waals surface area (Å²) in [7, 11) is 0. The van der Waals surface area contributed by atoms with Crippen molar-refractivity contribution >= 4 is 5.91 Å². The van der Waals surface area contributed by atoms with Gasteiger partial charge in [0.15, 0.2) is 0 Å². The van der Waals surface area contributed by atoms with Crippen molar-refractivity contribution in [3.63, 3.8) is 0 Å². The Morgan fingerprint density at radius 2 is 2.27 bits per heavy atom. The molecule has 1 amide bonds. The largest absolute Gasteiger partial charge is 0.396 e. The van der Waals surface area contributed by atoms with Crippen LogP contribution in [-0.4, -0.2) is 47.7 Å². The maximum absolute atomic E-state index is 12.0. The number of carbonyl (C=O) groups excluding carboxylic acids is 1. The molecule has 1 fully saturated rings. The third kappa shape index (κ3) is 3.18. The maximum Gasteiger partial charge on any atom is 0.240 e. The molecule has 1 aliphatic rings. The Bertz CT molecular complexity index is 219. The molecule has 0 saturated carbocycles. The second-order valence-electron chi connectivity index (χ2n) is 4.71. The molecule has 2 atom stereocenters. The minimum absolute atomic E-state index is 0.0628. The third-order valence-electron chi connectivity index (χ3n) is 2.75. The van der Waals surface area contributed by atoms with E-state index >= 15 is 0 Å². The van der Waals surface area contributed by atoms with Crippen molar-refractivity contribution in [1.82, 2.24) is 10.2 Å². The van der Waals surface area contributed by atoms with E-state index in [-0.39, 0.29) is 24.6 Å². The first kappa shape index (κ1) is 12.5. The van der Waals surface area contributed by atoms with Gasteiger partial charge in [-0.1, -0.05) is 13.8 Å². The van der Waals surface area contributed by atoms with Gasteiger partial charge in [-0.15, -0.1) is 0 Å². The number of piperazine rings is 1. The molecule has 0 aliphatic carbocycles. The number of aliphatic hydroxyl groups is 1. The molecule has 1 rings (SSSR count). The Kier molecular flexibility index (Phi) is 4.54. The highest BCUT2D eigenvalue weighted by molar-refractivity contribution is 5.83. The highest BCUT2D eigenvalue weighted by Gasteiger charge is 2.32. The molecular weight excluding hydrogens is 192 g/mol. The molecule has 1 aliphatic heterocycles. The Balaban J connectivity index is 2.61. The number of nitrogens with zero attached hydrogens (tertiary/aromatic N) is 1. The topological polar surface area (TPSA) is 52.6 Å². The van der Waals surface area contributed by atoms with Crippen molar-refractivity contribution in [1.29, 1.82) is 0 Å². The number of amides is 1. The van der Waals surface area contributed by atoms with Crippen molar-refractivity contribution in [3.8, 4) is 0 Å². The van der Waals surface area contributed by atoms with Gasteiger partial charge in [-0.2, -0.15) is 0 Å². The van der Waals surface area contributed by atoms with Crippen LogP contribution in [0.5, 0.6) is 0 Å². The van der Waals surface area contributed by atoms with Crippen LogP contribution in [0, 0.1) is 5.92 Å². The SMILES string of the molecule is CC(C)CN1C(=O)C(CCO)NCC1C. The lowest BCUT2D eigenvalue weighted by atomic mass is 10.0. The summed E-state index contributed by atoms with van der Waals surface area (Å²) < 4.78 is 0. The van der Waals surface area contributed by atoms with E-state index in [0.717, 1.165) is 13.1 Å². The highest BCUT2D eigenvalue weighted by Crippen LogP contribution is 2.12. The zero-order chi connectivity index (χ0) is 11.4. The molecule has 0 aromatic carbocycles. The first-order chi connectivity index (χ1) is 7.06. The van der Waals surface area contributed by atoms with Crippen molar-refractivity contribution < 1.29 is 9.90 Å². The zero-order valence-electron chi connectivity index (χ0n) is 9.86. The lowest BCUT2D eigenvalue weighted by Crippen LogP contribution is -2.60. The van der Waals surface area contributed by atoms with Gasteiger partial charge in [0.05, 0.1) is 6.04 Å². The number of aliphatic hydroxyl groups excluding tert-OH is 1. The first-order valence-corrected chi connectivity index (χ1v) is 5.71. The van der Waals surface area contributed by atoms with Crippen LogP contribution >= 0.6 is 0 Å². The molecule has 15 heavy (non-hydrogen) atoms. The molecule has 0 spiro atoms. The van der Waals surface area contributed by atoms with Crippen LogP contribution in [0.2, 0.25) is 0 Å². The Hall–Kier alpha value is -0.610. The van der Waals surface area contributed by atoms with E-state index in [1.165, 1.54) is 0 Å². The standard InChI is InChI=1S/C11H22N2O2/c1-8(2)7-13-9(3)6-12-10(4-5-14)11(13)15/h8-10,12,14H,4-7H2,1-3H3. The highest BCUT2D eigenvalue weighted by atomic mass is 16.3. The van der Waals surface area contributed by atoms with Crippen LogP contribution < -0.4 is 5.32 Å². The smallest absolute Gasteiger partial charge is 0.240 e. The first-order valence-electron chi connectivity index (χ1n) is 5.71. The van der Waals surface area contributed by atoms with E-state index in [2.05, 4.69) is 26.1 Å². The Morgan fingerprint density at radius 3 is 2.80 bits per heavy atom. The van der Waals surface area contributed by atoms with Crippen LogP contribution in [0.1, 0.15) is 27.2 Å². The summed E-state index contributed by atoms with van der Waals surface area (Å²) in [6.45, 7) is 7.98. The van der Waals surface area contributed by atoms with Crippen molar-refractivity contribution in [3.05, 3.63) is 0 Å². The van der Waals surface area contributed by atoms with Crippen molar-refractivity contribution in [2.24, 2.45) is 5.92 Å². The van der Waals surface area contributed by atoms with Crippen LogP contribution in [0.3, 0.4) is 0 Å². The number of carbonyl (C=O) groups is 1. The van der Waals surface area contributed by atoms with Crippen molar-refractivity contribution in [2.75, 3.05) is 19.7 Å². The quantitative estimate of drug-likeness (QED) is 0.703. The van der Waals surface area contributed by atoms with Gasteiger partial charge < -0.3 is 15.3 Å². The fourth-order valence-electron chi connectivity index (χ4n) is 1.95. The minimum Gasteiger partial charge on any atom is -0.396 e. The van der Waals surface area contributed by atoms with Gasteiger partial charge in [-0.25, -0.2) is 0 Å². The van der Waals surface area contributed by atoms with Crippen molar-refractivity contribution in [2.45, 2.75) is 39.3 Å². The molecule has 2 unspecified atom stereocenters. The van der Waals surface area contributed by atoms with E-state index in [1.807, 2.05) is 4.90 Å². The normalized spacial score (nSPS) is 27.5. The van der Waals surface area contributed by atoms with Gasteiger partial charge in [0.2, 0.25) is 5.91 Å². The molecule has 2 N–H and O–H groups in total. The van der Waals surface area contributed by atoms with Crippen LogP contribution in [0.15, 0.2) is 0 Å². The minimum atomic E-state index is -0.190. The molecule has 88 valence electrons. The van der Waals surface area contributed by atoms with Gasteiger partial charge in [-0.3, -0.25) is 4.79 Å². The van der Waals surface area contributed by atoms with E-state index in [9.17, 15) is 4.79 Å². The molecule has 0 aromatic heterocycles. The number of rotatable bonds is 4. The fraction of sp³-hybridized carbons (Fsp3) is 0.909. The molecular formula is C11H22N2O2. The van der Waals surface area contributed by atoms with E-state index < -0.39 is 0 Å². The molecule has 4 heteroatoms. The van der Waals surface area contributed by atoms with Gasteiger partial charge in [-0.05, 0) is 19.3 Å². The summed E-state index contributed by atoms with van der Waals surface area (Å²) in [4.78, 5) is 13.9. The third-order valence-corrected chi connectivity index (χ3v) is 2.75. The second-order valence-corrected chi connectivity index (χ2v) is 4.71. The summed E-state index contributed by atoms with van der Waals surface area (Å²) in [6, 6.07) is 0.0693. The summed E-state index contributed by atoms with van der Waals surface area (Å²) >= 11 is 0. The van der Waals surface area contributed by atoms with Gasteiger partial charge in [0, 0.05) is 25.7 Å². The van der Waals surface area contributed by atoms with Crippen LogP contribution in [-0.2, 0) is 4.79 Å². The maximum atomic E-state index is 12.0. The second kappa shape index (κ2) is 5.47. The number of hydrogen-bond acceptors (Lipinski definition) is 3. The van der Waals surface area contributed by atoms with Gasteiger partial charge in [0.25, 0.3) is 0 Å². The van der Waals surface area contributed by atoms with Crippen LogP contribution in [0.4, 0.5) is 0 Å². The predicted octanol–water partition coefficient (Wildman–Crippen LogP) is 0.214. The summed E-state index contributed by atoms with van der Waals surface area (Å²) in [5.74, 6) is 0.626. The molecule has 4 nitrogen and oxygen atoms in total. The molecule has 0 radical (unpaired) electrons. The Labute approximate surface area is 91.6 Å². The van der Waals surface area contributed by atoms with E-state index in [1.54, 1.807) is 0 Å². The molecule has 0 bridgehead atoms. The fourth-order valence-corrected chi connectivity index (χ4v) is 1.95. The predicted molar refractivity (Wildman–Crippen MR) is 59.5 cm³/mol. The molecule has 1 saturated heterocycles. The van der Waals surface area contributed by atoms with Crippen LogP contribution in [0.25, 0.3) is 0 Å². The summed E-state index contributed by atoms with van der Waals surface area (Å²) in [5.41, 5.74) is 0. The molecule has 0 aromatic rings. The van der Waals surface area contributed by atoms with Gasteiger partial charge in [0.1, 0.15) is 0 Å². The zero-order valence-corrected chi connectivity index (χ0v) is 9.86.